The number of hydrogen-bond donors (Lipinski definition) is 0. The fourth-order valence-corrected chi connectivity index (χ4v) is 2.41. The molecule has 0 aliphatic heterocycles. The number of alkyl halides is 3. The molecule has 0 radical (unpaired) electrons. The zero-order valence-electron chi connectivity index (χ0n) is 16.3. The molecule has 0 aromatic heterocycles. The topological polar surface area (TPSA) is 41.9 Å². The molecule has 0 fully saturated rings. The minimum Gasteiger partial charge on any atom is -0.457 e. The van der Waals surface area contributed by atoms with Crippen molar-refractivity contribution >= 4 is 18.0 Å². The third-order valence-electron chi connectivity index (χ3n) is 4.21. The Bertz CT molecular complexity index is 949. The van der Waals surface area contributed by atoms with E-state index in [0.717, 1.165) is 6.07 Å². The average Bonchev–Trinajstić information content (AvgIpc) is 2.64. The Balaban J connectivity index is 2.37. The molecule has 10 heteroatoms. The Kier molecular flexibility index (Phi) is 7.12. The molecule has 2 rings (SSSR count). The first-order valence-electron chi connectivity index (χ1n) is 8.70. The van der Waals surface area contributed by atoms with Crippen LogP contribution in [0.5, 0.6) is 0 Å². The van der Waals surface area contributed by atoms with E-state index in [1.165, 1.54) is 13.3 Å². The van der Waals surface area contributed by atoms with Gasteiger partial charge in [-0.05, 0) is 31.5 Å². The van der Waals surface area contributed by atoms with E-state index >= 15 is 0 Å². The van der Waals surface area contributed by atoms with Crippen molar-refractivity contribution in [3.63, 3.8) is 0 Å². The van der Waals surface area contributed by atoms with Crippen molar-refractivity contribution in [1.29, 1.82) is 0 Å². The van der Waals surface area contributed by atoms with Gasteiger partial charge in [0.2, 0.25) is 0 Å². The van der Waals surface area contributed by atoms with Crippen molar-refractivity contribution in [1.82, 2.24) is 4.90 Å². The number of esters is 1. The van der Waals surface area contributed by atoms with Crippen LogP contribution in [-0.4, -0.2) is 30.8 Å². The highest BCUT2D eigenvalue weighted by Gasteiger charge is 2.36. The lowest BCUT2D eigenvalue weighted by Crippen LogP contribution is -2.17. The molecule has 2 aromatic carbocycles. The number of halogens is 6. The summed E-state index contributed by atoms with van der Waals surface area (Å²) in [5.74, 6) is -5.26. The number of benzene rings is 2. The molecule has 0 amide bonds. The Morgan fingerprint density at radius 3 is 2.27 bits per heavy atom. The third kappa shape index (κ3) is 5.52. The number of nitrogens with zero attached hydrogens (tertiary/aromatic N) is 2. The number of rotatable bonds is 6. The van der Waals surface area contributed by atoms with Gasteiger partial charge in [0.15, 0.2) is 0 Å². The second-order valence-corrected chi connectivity index (χ2v) is 6.42. The molecule has 0 aliphatic carbocycles. The lowest BCUT2D eigenvalue weighted by Gasteiger charge is -2.16. The first-order chi connectivity index (χ1) is 13.9. The van der Waals surface area contributed by atoms with E-state index in [9.17, 15) is 31.1 Å². The van der Waals surface area contributed by atoms with Crippen LogP contribution < -0.4 is 0 Å². The van der Waals surface area contributed by atoms with Crippen LogP contribution in [0.25, 0.3) is 0 Å². The van der Waals surface area contributed by atoms with Crippen LogP contribution in [0.2, 0.25) is 0 Å². The molecule has 0 N–H and O–H groups in total. The molecule has 0 saturated carbocycles. The molecular weight excluding hydrogens is 414 g/mol. The lowest BCUT2D eigenvalue weighted by atomic mass is 10.0. The van der Waals surface area contributed by atoms with E-state index in [4.69, 9.17) is 0 Å². The summed E-state index contributed by atoms with van der Waals surface area (Å²) in [4.78, 5) is 17.9. The van der Waals surface area contributed by atoms with Crippen molar-refractivity contribution in [2.24, 2.45) is 4.99 Å². The molecule has 0 atom stereocenters. The third-order valence-corrected chi connectivity index (χ3v) is 4.21. The van der Waals surface area contributed by atoms with E-state index in [2.05, 4.69) is 9.73 Å². The molecule has 2 aromatic rings. The molecule has 0 saturated heterocycles. The highest BCUT2D eigenvalue weighted by atomic mass is 19.4. The van der Waals surface area contributed by atoms with Crippen LogP contribution in [0.4, 0.5) is 32.0 Å². The number of aryl methyl sites for hydroxylation is 1. The number of hydrogen-bond acceptors (Lipinski definition) is 3. The molecule has 0 spiro atoms. The SMILES string of the molecule is CCN(C)/C=N/c1cc(C(F)(F)F)c(C(=O)OCc2c(F)cc(F)cc2F)cc1C. The summed E-state index contributed by atoms with van der Waals surface area (Å²) in [7, 11) is 1.68. The second kappa shape index (κ2) is 9.19. The minimum atomic E-state index is -4.91. The van der Waals surface area contributed by atoms with Crippen molar-refractivity contribution in [3.05, 3.63) is 64.0 Å². The zero-order valence-corrected chi connectivity index (χ0v) is 16.3. The molecule has 0 bridgehead atoms. The van der Waals surface area contributed by atoms with Crippen LogP contribution in [0.1, 0.15) is 34.0 Å². The van der Waals surface area contributed by atoms with Gasteiger partial charge in [-0.1, -0.05) is 0 Å². The average molecular weight is 432 g/mol. The summed E-state index contributed by atoms with van der Waals surface area (Å²) < 4.78 is 85.4. The Morgan fingerprint density at radius 1 is 1.13 bits per heavy atom. The monoisotopic (exact) mass is 432 g/mol. The molecule has 0 unspecified atom stereocenters. The maximum atomic E-state index is 13.7. The van der Waals surface area contributed by atoms with Gasteiger partial charge < -0.3 is 9.64 Å². The smallest absolute Gasteiger partial charge is 0.417 e. The first-order valence-corrected chi connectivity index (χ1v) is 8.70. The van der Waals surface area contributed by atoms with Gasteiger partial charge in [0.25, 0.3) is 0 Å². The quantitative estimate of drug-likeness (QED) is 0.266. The predicted octanol–water partition coefficient (Wildman–Crippen LogP) is 5.40. The minimum absolute atomic E-state index is 0.00482. The Morgan fingerprint density at radius 2 is 1.73 bits per heavy atom. The van der Waals surface area contributed by atoms with Gasteiger partial charge in [0.1, 0.15) is 24.1 Å². The Hall–Kier alpha value is -3.04. The summed E-state index contributed by atoms with van der Waals surface area (Å²) in [5.41, 5.74) is -2.65. The first kappa shape index (κ1) is 23.2. The maximum Gasteiger partial charge on any atom is 0.417 e. The Labute approximate surface area is 168 Å². The van der Waals surface area contributed by atoms with Gasteiger partial charge >= 0.3 is 12.1 Å². The van der Waals surface area contributed by atoms with Crippen molar-refractivity contribution in [3.8, 4) is 0 Å². The van der Waals surface area contributed by atoms with Gasteiger partial charge in [-0.25, -0.2) is 23.0 Å². The lowest BCUT2D eigenvalue weighted by molar-refractivity contribution is -0.138. The summed E-state index contributed by atoms with van der Waals surface area (Å²) in [6.45, 7) is 2.85. The van der Waals surface area contributed by atoms with Crippen LogP contribution in [0.15, 0.2) is 29.3 Å². The van der Waals surface area contributed by atoms with Crippen LogP contribution in [0.3, 0.4) is 0 Å². The summed E-state index contributed by atoms with van der Waals surface area (Å²) >= 11 is 0. The van der Waals surface area contributed by atoms with E-state index < -0.39 is 52.9 Å². The van der Waals surface area contributed by atoms with Crippen LogP contribution >= 0.6 is 0 Å². The molecule has 30 heavy (non-hydrogen) atoms. The molecule has 162 valence electrons. The molecule has 4 nitrogen and oxygen atoms in total. The summed E-state index contributed by atoms with van der Waals surface area (Å²) in [5, 5.41) is 0. The fourth-order valence-electron chi connectivity index (χ4n) is 2.41. The van der Waals surface area contributed by atoms with Crippen molar-refractivity contribution in [2.45, 2.75) is 26.6 Å². The van der Waals surface area contributed by atoms with Crippen LogP contribution in [-0.2, 0) is 17.5 Å². The molecular formula is C20H18F6N2O2. The molecule has 0 aliphatic rings. The van der Waals surface area contributed by atoms with Crippen molar-refractivity contribution < 1.29 is 35.9 Å². The van der Waals surface area contributed by atoms with E-state index in [1.54, 1.807) is 11.9 Å². The number of aliphatic imine (C=N–C) groups is 1. The van der Waals surface area contributed by atoms with E-state index in [0.29, 0.717) is 24.7 Å². The van der Waals surface area contributed by atoms with Gasteiger partial charge in [-0.2, -0.15) is 13.2 Å². The zero-order chi connectivity index (χ0) is 22.6. The molecule has 0 heterocycles. The van der Waals surface area contributed by atoms with Gasteiger partial charge in [0, 0.05) is 25.7 Å². The largest absolute Gasteiger partial charge is 0.457 e. The number of carbonyl (C=O) groups excluding carboxylic acids is 1. The van der Waals surface area contributed by atoms with Gasteiger partial charge in [-0.3, -0.25) is 0 Å². The van der Waals surface area contributed by atoms with E-state index in [-0.39, 0.29) is 11.3 Å². The summed E-state index contributed by atoms with van der Waals surface area (Å²) in [6.07, 6.45) is -3.56. The highest BCUT2D eigenvalue weighted by Crippen LogP contribution is 2.36. The number of carbonyl (C=O) groups is 1. The maximum absolute atomic E-state index is 13.7. The van der Waals surface area contributed by atoms with Gasteiger partial charge in [-0.15, -0.1) is 0 Å². The number of ether oxygens (including phenoxy) is 1. The van der Waals surface area contributed by atoms with Gasteiger partial charge in [0.05, 0.1) is 28.7 Å². The highest BCUT2D eigenvalue weighted by molar-refractivity contribution is 5.92. The normalized spacial score (nSPS) is 11.8. The van der Waals surface area contributed by atoms with Crippen molar-refractivity contribution in [2.75, 3.05) is 13.6 Å². The second-order valence-electron chi connectivity index (χ2n) is 6.42. The standard InChI is InChI=1S/C20H18F6N2O2/c1-4-28(3)10-27-18-8-15(20(24,25)26)13(5-11(18)2)19(29)30-9-14-16(22)6-12(21)7-17(14)23/h5-8,10H,4,9H2,1-3H3/b27-10+. The predicted molar refractivity (Wildman–Crippen MR) is 98.1 cm³/mol. The summed E-state index contributed by atoms with van der Waals surface area (Å²) in [6, 6.07) is 2.39. The van der Waals surface area contributed by atoms with E-state index in [1.807, 2.05) is 6.92 Å². The van der Waals surface area contributed by atoms with Crippen LogP contribution in [0, 0.1) is 24.4 Å². The fraction of sp³-hybridized carbons (Fsp3) is 0.300.